The number of fused-ring (bicyclic) bond motifs is 1. The van der Waals surface area contributed by atoms with Gasteiger partial charge >= 0.3 is 0 Å². The molecule has 2 nitrogen and oxygen atoms in total. The molecular formula is C21H32O2. The average molecular weight is 316 g/mol. The first-order valence-corrected chi connectivity index (χ1v) is 9.19. The van der Waals surface area contributed by atoms with E-state index in [4.69, 9.17) is 0 Å². The lowest BCUT2D eigenvalue weighted by atomic mass is 9.45. The van der Waals surface area contributed by atoms with Crippen LogP contribution in [0.15, 0.2) is 24.3 Å². The van der Waals surface area contributed by atoms with Crippen LogP contribution in [-0.2, 0) is 6.42 Å². The van der Waals surface area contributed by atoms with Crippen LogP contribution in [0.25, 0.3) is 0 Å². The quantitative estimate of drug-likeness (QED) is 0.812. The fourth-order valence-corrected chi connectivity index (χ4v) is 5.52. The Kier molecular flexibility index (Phi) is 4.03. The van der Waals surface area contributed by atoms with Crippen molar-refractivity contribution in [3.05, 3.63) is 29.8 Å². The second-order valence-corrected chi connectivity index (χ2v) is 9.04. The SMILES string of the molecule is CC1CCC2(O)C(CCCC2(C)C)C1(C)Cc1ccc(O)cc1. The van der Waals surface area contributed by atoms with Crippen LogP contribution in [0.5, 0.6) is 5.75 Å². The molecular weight excluding hydrogens is 284 g/mol. The van der Waals surface area contributed by atoms with Crippen LogP contribution in [0.3, 0.4) is 0 Å². The fourth-order valence-electron chi connectivity index (χ4n) is 5.52. The number of aliphatic hydroxyl groups is 1. The first-order chi connectivity index (χ1) is 10.7. The summed E-state index contributed by atoms with van der Waals surface area (Å²) >= 11 is 0. The van der Waals surface area contributed by atoms with Gasteiger partial charge in [0.15, 0.2) is 0 Å². The largest absolute Gasteiger partial charge is 0.508 e. The van der Waals surface area contributed by atoms with Gasteiger partial charge in [-0.3, -0.25) is 0 Å². The summed E-state index contributed by atoms with van der Waals surface area (Å²) in [4.78, 5) is 0. The predicted octanol–water partition coefficient (Wildman–Crippen LogP) is 4.93. The third-order valence-electron chi connectivity index (χ3n) is 7.44. The van der Waals surface area contributed by atoms with Gasteiger partial charge in [0.25, 0.3) is 0 Å². The van der Waals surface area contributed by atoms with Gasteiger partial charge in [-0.2, -0.15) is 0 Å². The number of rotatable bonds is 2. The predicted molar refractivity (Wildman–Crippen MR) is 94.4 cm³/mol. The Hall–Kier alpha value is -1.02. The van der Waals surface area contributed by atoms with Gasteiger partial charge in [0.1, 0.15) is 5.75 Å². The smallest absolute Gasteiger partial charge is 0.115 e. The molecule has 0 aliphatic heterocycles. The molecule has 0 aromatic heterocycles. The maximum Gasteiger partial charge on any atom is 0.115 e. The highest BCUT2D eigenvalue weighted by Crippen LogP contribution is 2.61. The molecule has 4 unspecified atom stereocenters. The molecule has 2 fully saturated rings. The second-order valence-electron chi connectivity index (χ2n) is 9.04. The summed E-state index contributed by atoms with van der Waals surface area (Å²) in [5.74, 6) is 1.29. The van der Waals surface area contributed by atoms with Crippen LogP contribution in [-0.4, -0.2) is 15.8 Å². The normalized spacial score (nSPS) is 39.7. The van der Waals surface area contributed by atoms with Crippen LogP contribution >= 0.6 is 0 Å². The first-order valence-electron chi connectivity index (χ1n) is 9.19. The van der Waals surface area contributed by atoms with E-state index in [1.54, 1.807) is 12.1 Å². The van der Waals surface area contributed by atoms with Gasteiger partial charge in [-0.15, -0.1) is 0 Å². The number of phenolic OH excluding ortho intramolecular Hbond substituents is 1. The molecule has 1 aromatic rings. The highest BCUT2D eigenvalue weighted by Gasteiger charge is 2.60. The number of aromatic hydroxyl groups is 1. The molecule has 1 aromatic carbocycles. The van der Waals surface area contributed by atoms with Gasteiger partial charge in [0.2, 0.25) is 0 Å². The van der Waals surface area contributed by atoms with E-state index < -0.39 is 5.60 Å². The maximum atomic E-state index is 11.7. The van der Waals surface area contributed by atoms with Gasteiger partial charge in [0.05, 0.1) is 5.60 Å². The highest BCUT2D eigenvalue weighted by molar-refractivity contribution is 5.27. The molecule has 0 spiro atoms. The number of hydrogen-bond acceptors (Lipinski definition) is 2. The molecule has 2 N–H and O–H groups in total. The van der Waals surface area contributed by atoms with E-state index in [0.29, 0.717) is 17.6 Å². The van der Waals surface area contributed by atoms with Crippen molar-refractivity contribution >= 4 is 0 Å². The standard InChI is InChI=1S/C21H32O2/c1-15-11-13-21(23)18(6-5-12-19(21,2)3)20(15,4)14-16-7-9-17(22)10-8-16/h7-10,15,18,22-23H,5-6,11-14H2,1-4H3. The number of phenols is 1. The second kappa shape index (κ2) is 5.51. The van der Waals surface area contributed by atoms with Crippen molar-refractivity contribution in [1.29, 1.82) is 0 Å². The Labute approximate surface area is 140 Å². The summed E-state index contributed by atoms with van der Waals surface area (Å²) in [5.41, 5.74) is 0.849. The molecule has 0 bridgehead atoms. The van der Waals surface area contributed by atoms with Gasteiger partial charge in [-0.05, 0) is 72.5 Å². The molecule has 0 radical (unpaired) electrons. The average Bonchev–Trinajstić information content (AvgIpc) is 2.48. The van der Waals surface area contributed by atoms with Crippen LogP contribution in [0.1, 0.15) is 65.4 Å². The Morgan fingerprint density at radius 2 is 1.70 bits per heavy atom. The van der Waals surface area contributed by atoms with E-state index >= 15 is 0 Å². The summed E-state index contributed by atoms with van der Waals surface area (Å²) in [6.07, 6.45) is 6.51. The van der Waals surface area contributed by atoms with E-state index in [2.05, 4.69) is 27.7 Å². The highest BCUT2D eigenvalue weighted by atomic mass is 16.3. The lowest BCUT2D eigenvalue weighted by molar-refractivity contribution is -0.210. The molecule has 2 saturated carbocycles. The zero-order valence-electron chi connectivity index (χ0n) is 15.1. The number of benzene rings is 1. The van der Waals surface area contributed by atoms with Gasteiger partial charge in [0, 0.05) is 0 Å². The summed E-state index contributed by atoms with van der Waals surface area (Å²) < 4.78 is 0. The molecule has 0 heterocycles. The Bertz CT molecular complexity index is 562. The molecule has 0 saturated heterocycles. The Balaban J connectivity index is 1.96. The summed E-state index contributed by atoms with van der Waals surface area (Å²) in [7, 11) is 0. The van der Waals surface area contributed by atoms with Crippen molar-refractivity contribution in [2.45, 2.75) is 71.8 Å². The van der Waals surface area contributed by atoms with Crippen molar-refractivity contribution in [2.24, 2.45) is 22.7 Å². The van der Waals surface area contributed by atoms with Crippen LogP contribution < -0.4 is 0 Å². The minimum atomic E-state index is -0.538. The van der Waals surface area contributed by atoms with E-state index in [0.717, 1.165) is 32.1 Å². The number of hydrogen-bond donors (Lipinski definition) is 2. The van der Waals surface area contributed by atoms with Crippen molar-refractivity contribution in [1.82, 2.24) is 0 Å². The third-order valence-corrected chi connectivity index (χ3v) is 7.44. The summed E-state index contributed by atoms with van der Waals surface area (Å²) in [5, 5.41) is 21.2. The third kappa shape index (κ3) is 2.59. The summed E-state index contributed by atoms with van der Waals surface area (Å²) in [6.45, 7) is 9.27. The first kappa shape index (κ1) is 16.8. The molecule has 4 atom stereocenters. The van der Waals surface area contributed by atoms with E-state index in [-0.39, 0.29) is 10.8 Å². The Morgan fingerprint density at radius 3 is 2.35 bits per heavy atom. The van der Waals surface area contributed by atoms with Crippen molar-refractivity contribution < 1.29 is 10.2 Å². The van der Waals surface area contributed by atoms with E-state index in [9.17, 15) is 10.2 Å². The lowest BCUT2D eigenvalue weighted by Gasteiger charge is -2.62. The topological polar surface area (TPSA) is 40.5 Å². The van der Waals surface area contributed by atoms with E-state index in [1.165, 1.54) is 12.0 Å². The minimum Gasteiger partial charge on any atom is -0.508 e. The maximum absolute atomic E-state index is 11.7. The molecule has 0 amide bonds. The molecule has 3 rings (SSSR count). The zero-order valence-corrected chi connectivity index (χ0v) is 15.1. The fraction of sp³-hybridized carbons (Fsp3) is 0.714. The van der Waals surface area contributed by atoms with Crippen LogP contribution in [0.4, 0.5) is 0 Å². The van der Waals surface area contributed by atoms with Gasteiger partial charge < -0.3 is 10.2 Å². The molecule has 23 heavy (non-hydrogen) atoms. The van der Waals surface area contributed by atoms with Crippen molar-refractivity contribution in [3.63, 3.8) is 0 Å². The minimum absolute atomic E-state index is 0.00622. The molecule has 2 aliphatic rings. The van der Waals surface area contributed by atoms with Crippen molar-refractivity contribution in [3.8, 4) is 5.75 Å². The van der Waals surface area contributed by atoms with Gasteiger partial charge in [-0.1, -0.05) is 46.2 Å². The molecule has 2 aliphatic carbocycles. The lowest BCUT2D eigenvalue weighted by Crippen LogP contribution is -2.62. The molecule has 2 heteroatoms. The summed E-state index contributed by atoms with van der Waals surface area (Å²) in [6, 6.07) is 7.64. The molecule has 128 valence electrons. The van der Waals surface area contributed by atoms with Crippen molar-refractivity contribution in [2.75, 3.05) is 0 Å². The van der Waals surface area contributed by atoms with E-state index in [1.807, 2.05) is 12.1 Å². The zero-order chi connectivity index (χ0) is 16.9. The van der Waals surface area contributed by atoms with Crippen LogP contribution in [0.2, 0.25) is 0 Å². The van der Waals surface area contributed by atoms with Gasteiger partial charge in [-0.25, -0.2) is 0 Å². The monoisotopic (exact) mass is 316 g/mol. The van der Waals surface area contributed by atoms with Crippen LogP contribution in [0, 0.1) is 22.7 Å². The Morgan fingerprint density at radius 1 is 1.04 bits per heavy atom.